The van der Waals surface area contributed by atoms with Gasteiger partial charge in [0.2, 0.25) is 17.7 Å². The maximum atomic E-state index is 13.8. The molecule has 3 aliphatic heterocycles. The second-order valence-electron chi connectivity index (χ2n) is 12.7. The van der Waals surface area contributed by atoms with Crippen molar-refractivity contribution in [1.82, 2.24) is 15.5 Å². The molecule has 3 aliphatic rings. The van der Waals surface area contributed by atoms with Crippen molar-refractivity contribution in [3.05, 3.63) is 77.9 Å². The molecule has 3 heterocycles. The minimum Gasteiger partial charge on any atom is -0.381 e. The molecule has 1 spiro atoms. The summed E-state index contributed by atoms with van der Waals surface area (Å²) in [6, 6.07) is 17.2. The summed E-state index contributed by atoms with van der Waals surface area (Å²) in [6.07, 6.45) is 8.16. The molecule has 2 saturated heterocycles. The lowest BCUT2D eigenvalue weighted by atomic mass is 9.75. The molecule has 2 fully saturated rings. The molecule has 8 nitrogen and oxygen atoms in total. The van der Waals surface area contributed by atoms with E-state index in [-0.39, 0.29) is 29.7 Å². The van der Waals surface area contributed by atoms with Gasteiger partial charge in [0.05, 0.1) is 12.0 Å². The van der Waals surface area contributed by atoms with E-state index in [2.05, 4.69) is 59.0 Å². The fourth-order valence-corrected chi connectivity index (χ4v) is 6.55. The average molecular weight is 587 g/mol. The third-order valence-corrected chi connectivity index (χ3v) is 9.32. The smallest absolute Gasteiger partial charge is 0.243 e. The van der Waals surface area contributed by atoms with Gasteiger partial charge in [-0.1, -0.05) is 68.5 Å². The summed E-state index contributed by atoms with van der Waals surface area (Å²) in [7, 11) is 0. The number of carbonyl (C=O) groups excluding carboxylic acids is 3. The van der Waals surface area contributed by atoms with Gasteiger partial charge in [-0.05, 0) is 67.2 Å². The van der Waals surface area contributed by atoms with Crippen LogP contribution in [0.25, 0.3) is 0 Å². The summed E-state index contributed by atoms with van der Waals surface area (Å²) in [5.41, 5.74) is 2.48. The lowest BCUT2D eigenvalue weighted by molar-refractivity contribution is -0.140. The molecule has 2 aromatic rings. The summed E-state index contributed by atoms with van der Waals surface area (Å²) in [5, 5.41) is 9.50. The molecular formula is C35H46N4O4. The van der Waals surface area contributed by atoms with Crippen LogP contribution in [-0.4, -0.2) is 67.6 Å². The summed E-state index contributed by atoms with van der Waals surface area (Å²) >= 11 is 0. The standard InChI is InChI=1S/C35H46N4O4/c1-25(2)27-11-13-29(14-12-27)36-32(40)24-39-19-15-30-28(23-39)10-6-7-16-35(17-20-43-21-18-35)34(42)38-31(33(41)37-30)22-26-8-4-3-5-9-26/h3-9,11-14,25,28,30-31H,10,15-24H2,1-2H3,(H,36,40)(H,37,41)(H,38,42)/t28-,30+,31+/m0/s1. The summed E-state index contributed by atoms with van der Waals surface area (Å²) in [4.78, 5) is 42.7. The van der Waals surface area contributed by atoms with Gasteiger partial charge in [-0.3, -0.25) is 19.3 Å². The molecular weight excluding hydrogens is 540 g/mol. The van der Waals surface area contributed by atoms with Gasteiger partial charge in [0.15, 0.2) is 0 Å². The van der Waals surface area contributed by atoms with Gasteiger partial charge in [-0.2, -0.15) is 0 Å². The Hall–Kier alpha value is -3.49. The highest BCUT2D eigenvalue weighted by Crippen LogP contribution is 2.36. The number of ether oxygens (including phenoxy) is 1. The summed E-state index contributed by atoms with van der Waals surface area (Å²) in [5.74, 6) is 0.364. The molecule has 0 aromatic heterocycles. The Morgan fingerprint density at radius 3 is 2.49 bits per heavy atom. The molecule has 0 saturated carbocycles. The Morgan fingerprint density at radius 1 is 1.02 bits per heavy atom. The quantitative estimate of drug-likeness (QED) is 0.435. The number of fused-ring (bicyclic) bond motifs is 1. The molecule has 2 aromatic carbocycles. The van der Waals surface area contributed by atoms with Crippen molar-refractivity contribution in [2.45, 2.75) is 70.4 Å². The van der Waals surface area contributed by atoms with E-state index in [0.29, 0.717) is 64.4 Å². The molecule has 3 N–H and O–H groups in total. The summed E-state index contributed by atoms with van der Waals surface area (Å²) in [6.45, 7) is 7.12. The number of likely N-dealkylation sites (tertiary alicyclic amines) is 1. The van der Waals surface area contributed by atoms with Gasteiger partial charge in [0, 0.05) is 44.5 Å². The van der Waals surface area contributed by atoms with E-state index < -0.39 is 11.5 Å². The van der Waals surface area contributed by atoms with Crippen LogP contribution in [0.15, 0.2) is 66.7 Å². The number of allylic oxidation sites excluding steroid dienone is 2. The number of anilines is 1. The molecule has 0 bridgehead atoms. The van der Waals surface area contributed by atoms with Crippen LogP contribution in [0.1, 0.15) is 63.0 Å². The number of hydrogen-bond acceptors (Lipinski definition) is 5. The minimum absolute atomic E-state index is 0.0319. The third-order valence-electron chi connectivity index (χ3n) is 9.32. The average Bonchev–Trinajstić information content (AvgIpc) is 3.00. The molecule has 3 amide bonds. The van der Waals surface area contributed by atoms with Crippen LogP contribution >= 0.6 is 0 Å². The van der Waals surface area contributed by atoms with Gasteiger partial charge >= 0.3 is 0 Å². The lowest BCUT2D eigenvalue weighted by Crippen LogP contribution is -2.58. The maximum Gasteiger partial charge on any atom is 0.243 e. The minimum atomic E-state index is -0.662. The number of nitrogens with zero attached hydrogens (tertiary/aromatic N) is 1. The molecule has 0 radical (unpaired) electrons. The highest BCUT2D eigenvalue weighted by atomic mass is 16.5. The predicted molar refractivity (Wildman–Crippen MR) is 169 cm³/mol. The Morgan fingerprint density at radius 2 is 1.77 bits per heavy atom. The first-order chi connectivity index (χ1) is 20.8. The van der Waals surface area contributed by atoms with Gasteiger partial charge in [-0.25, -0.2) is 0 Å². The van der Waals surface area contributed by atoms with Crippen molar-refractivity contribution in [1.29, 1.82) is 0 Å². The first-order valence-corrected chi connectivity index (χ1v) is 15.8. The van der Waals surface area contributed by atoms with Crippen molar-refractivity contribution in [2.24, 2.45) is 11.3 Å². The topological polar surface area (TPSA) is 99.8 Å². The molecule has 230 valence electrons. The number of benzene rings is 2. The van der Waals surface area contributed by atoms with Crippen LogP contribution in [0.4, 0.5) is 5.69 Å². The molecule has 0 unspecified atom stereocenters. The molecule has 8 heteroatoms. The number of nitrogens with one attached hydrogen (secondary N) is 3. The SMILES string of the molecule is CC(C)c1ccc(NC(=O)CN2CC[C@H]3NC(=O)[C@@H](Cc4ccccc4)NC(=O)C4(CC=CC[C@H]3C2)CCOCC4)cc1. The van der Waals surface area contributed by atoms with E-state index in [1.807, 2.05) is 42.5 Å². The van der Waals surface area contributed by atoms with Crippen LogP contribution in [0.2, 0.25) is 0 Å². The number of carbonyl (C=O) groups is 3. The van der Waals surface area contributed by atoms with Gasteiger partial charge in [0.1, 0.15) is 6.04 Å². The van der Waals surface area contributed by atoms with Crippen molar-refractivity contribution in [3.8, 4) is 0 Å². The van der Waals surface area contributed by atoms with Crippen LogP contribution in [0.5, 0.6) is 0 Å². The first kappa shape index (κ1) is 31.0. The van der Waals surface area contributed by atoms with Crippen molar-refractivity contribution < 1.29 is 19.1 Å². The second kappa shape index (κ2) is 14.3. The van der Waals surface area contributed by atoms with Gasteiger partial charge in [-0.15, -0.1) is 0 Å². The number of piperidine rings is 1. The fraction of sp³-hybridized carbons (Fsp3) is 0.514. The first-order valence-electron chi connectivity index (χ1n) is 15.8. The Bertz CT molecular complexity index is 1270. The number of amides is 3. The fourth-order valence-electron chi connectivity index (χ4n) is 6.55. The van der Waals surface area contributed by atoms with Crippen LogP contribution in [0.3, 0.4) is 0 Å². The second-order valence-corrected chi connectivity index (χ2v) is 12.7. The predicted octanol–water partition coefficient (Wildman–Crippen LogP) is 4.43. The molecule has 3 atom stereocenters. The Kier molecular flexibility index (Phi) is 10.3. The summed E-state index contributed by atoms with van der Waals surface area (Å²) < 4.78 is 5.61. The Labute approximate surface area is 255 Å². The van der Waals surface area contributed by atoms with Crippen LogP contribution in [-0.2, 0) is 25.5 Å². The highest BCUT2D eigenvalue weighted by Gasteiger charge is 2.41. The zero-order chi connectivity index (χ0) is 30.2. The number of hydrogen-bond donors (Lipinski definition) is 3. The molecule has 5 rings (SSSR count). The van der Waals surface area contributed by atoms with E-state index in [1.54, 1.807) is 0 Å². The van der Waals surface area contributed by atoms with Crippen LogP contribution < -0.4 is 16.0 Å². The highest BCUT2D eigenvalue weighted by molar-refractivity contribution is 5.92. The van der Waals surface area contributed by atoms with Gasteiger partial charge in [0.25, 0.3) is 0 Å². The van der Waals surface area contributed by atoms with E-state index in [9.17, 15) is 14.4 Å². The van der Waals surface area contributed by atoms with Crippen molar-refractivity contribution in [3.63, 3.8) is 0 Å². The van der Waals surface area contributed by atoms with Gasteiger partial charge < -0.3 is 20.7 Å². The normalized spacial score (nSPS) is 24.8. The Balaban J connectivity index is 1.29. The van der Waals surface area contributed by atoms with E-state index in [0.717, 1.165) is 24.1 Å². The monoisotopic (exact) mass is 586 g/mol. The van der Waals surface area contributed by atoms with E-state index in [4.69, 9.17) is 4.74 Å². The molecule has 43 heavy (non-hydrogen) atoms. The maximum absolute atomic E-state index is 13.8. The van der Waals surface area contributed by atoms with Crippen molar-refractivity contribution >= 4 is 23.4 Å². The molecule has 0 aliphatic carbocycles. The lowest BCUT2D eigenvalue weighted by Gasteiger charge is -2.40. The van der Waals surface area contributed by atoms with E-state index in [1.165, 1.54) is 5.56 Å². The van der Waals surface area contributed by atoms with Crippen LogP contribution in [0, 0.1) is 11.3 Å². The zero-order valence-electron chi connectivity index (χ0n) is 25.5. The largest absolute Gasteiger partial charge is 0.381 e. The van der Waals surface area contributed by atoms with E-state index >= 15 is 0 Å². The number of rotatable bonds is 6. The zero-order valence-corrected chi connectivity index (χ0v) is 25.5. The third kappa shape index (κ3) is 8.12. The van der Waals surface area contributed by atoms with Crippen molar-refractivity contribution in [2.75, 3.05) is 38.2 Å².